The summed E-state index contributed by atoms with van der Waals surface area (Å²) in [7, 11) is 0. The van der Waals surface area contributed by atoms with E-state index in [0.29, 0.717) is 36.0 Å². The highest BCUT2D eigenvalue weighted by Gasteiger charge is 2.12. The standard InChI is InChI=1S/C24H21BrClN3O2/c25-18-12-10-17(11-13-18)24(30)27-16-23-28-20-7-2-3-8-21(20)29(23)14-5-15-31-22-9-4-1-6-19(22)26/h1-4,6-13H,5,14-16H2,(H,27,30). The number of halogens is 2. The molecule has 0 saturated heterocycles. The molecular formula is C24H21BrClN3O2. The molecule has 3 aromatic carbocycles. The van der Waals surface area contributed by atoms with Gasteiger partial charge in [-0.2, -0.15) is 0 Å². The summed E-state index contributed by atoms with van der Waals surface area (Å²) in [6, 6.07) is 22.7. The van der Waals surface area contributed by atoms with E-state index in [4.69, 9.17) is 21.3 Å². The monoisotopic (exact) mass is 497 g/mol. The van der Waals surface area contributed by atoms with Gasteiger partial charge in [0, 0.05) is 16.6 Å². The Kier molecular flexibility index (Phi) is 6.89. The zero-order valence-electron chi connectivity index (χ0n) is 16.7. The van der Waals surface area contributed by atoms with Gasteiger partial charge < -0.3 is 14.6 Å². The summed E-state index contributed by atoms with van der Waals surface area (Å²) in [5.74, 6) is 1.36. The van der Waals surface area contributed by atoms with E-state index >= 15 is 0 Å². The van der Waals surface area contributed by atoms with Crippen LogP contribution in [-0.4, -0.2) is 22.1 Å². The quantitative estimate of drug-likeness (QED) is 0.310. The van der Waals surface area contributed by atoms with Crippen LogP contribution in [0.25, 0.3) is 11.0 Å². The zero-order valence-corrected chi connectivity index (χ0v) is 19.1. The minimum absolute atomic E-state index is 0.131. The first-order chi connectivity index (χ1) is 15.1. The molecule has 1 N–H and O–H groups in total. The number of imidazole rings is 1. The Labute approximate surface area is 194 Å². The van der Waals surface area contributed by atoms with E-state index in [1.807, 2.05) is 60.7 Å². The number of aromatic nitrogens is 2. The van der Waals surface area contributed by atoms with Crippen molar-refractivity contribution in [3.8, 4) is 5.75 Å². The van der Waals surface area contributed by atoms with E-state index in [9.17, 15) is 4.79 Å². The number of nitrogens with zero attached hydrogens (tertiary/aromatic N) is 2. The molecule has 1 heterocycles. The maximum atomic E-state index is 12.5. The van der Waals surface area contributed by atoms with Gasteiger partial charge >= 0.3 is 0 Å². The summed E-state index contributed by atoms with van der Waals surface area (Å²) in [5, 5.41) is 3.58. The lowest BCUT2D eigenvalue weighted by molar-refractivity contribution is 0.0949. The topological polar surface area (TPSA) is 56.2 Å². The number of hydrogen-bond acceptors (Lipinski definition) is 3. The van der Waals surface area contributed by atoms with Gasteiger partial charge in [0.2, 0.25) is 0 Å². The highest BCUT2D eigenvalue weighted by atomic mass is 79.9. The van der Waals surface area contributed by atoms with E-state index in [1.165, 1.54) is 0 Å². The maximum absolute atomic E-state index is 12.5. The molecule has 0 fully saturated rings. The molecule has 0 spiro atoms. The number of rotatable bonds is 8. The molecule has 0 atom stereocenters. The number of aryl methyl sites for hydroxylation is 1. The molecule has 1 amide bonds. The molecule has 7 heteroatoms. The molecule has 31 heavy (non-hydrogen) atoms. The molecule has 0 aliphatic heterocycles. The highest BCUT2D eigenvalue weighted by Crippen LogP contribution is 2.23. The Balaban J connectivity index is 1.43. The molecule has 4 rings (SSSR count). The molecule has 158 valence electrons. The van der Waals surface area contributed by atoms with Crippen molar-refractivity contribution in [3.05, 3.63) is 93.7 Å². The number of carbonyl (C=O) groups is 1. The second-order valence-electron chi connectivity index (χ2n) is 6.99. The predicted molar refractivity (Wildman–Crippen MR) is 127 cm³/mol. The second-order valence-corrected chi connectivity index (χ2v) is 8.31. The lowest BCUT2D eigenvalue weighted by Crippen LogP contribution is -2.25. The molecule has 0 unspecified atom stereocenters. The number of fused-ring (bicyclic) bond motifs is 1. The van der Waals surface area contributed by atoms with Gasteiger partial charge in [0.15, 0.2) is 0 Å². The molecule has 1 aromatic heterocycles. The van der Waals surface area contributed by atoms with Crippen LogP contribution in [0.3, 0.4) is 0 Å². The SMILES string of the molecule is O=C(NCc1nc2ccccc2n1CCCOc1ccccc1Cl)c1ccc(Br)cc1. The van der Waals surface area contributed by atoms with Gasteiger partial charge in [0.1, 0.15) is 11.6 Å². The lowest BCUT2D eigenvalue weighted by Gasteiger charge is -2.12. The average molecular weight is 499 g/mol. The van der Waals surface area contributed by atoms with Gasteiger partial charge in [-0.25, -0.2) is 4.98 Å². The summed E-state index contributed by atoms with van der Waals surface area (Å²) >= 11 is 9.54. The van der Waals surface area contributed by atoms with Crippen LogP contribution in [0.15, 0.2) is 77.3 Å². The molecule has 0 aliphatic carbocycles. The summed E-state index contributed by atoms with van der Waals surface area (Å²) in [6.45, 7) is 1.59. The van der Waals surface area contributed by atoms with Crippen molar-refractivity contribution in [1.82, 2.24) is 14.9 Å². The summed E-state index contributed by atoms with van der Waals surface area (Å²) in [4.78, 5) is 17.2. The van der Waals surface area contributed by atoms with Crippen LogP contribution >= 0.6 is 27.5 Å². The molecule has 0 bridgehead atoms. The third-order valence-electron chi connectivity index (χ3n) is 4.87. The number of benzene rings is 3. The fourth-order valence-electron chi connectivity index (χ4n) is 3.34. The van der Waals surface area contributed by atoms with Crippen molar-refractivity contribution in [3.63, 3.8) is 0 Å². The Morgan fingerprint density at radius 2 is 1.77 bits per heavy atom. The predicted octanol–water partition coefficient (Wildman–Crippen LogP) is 5.85. The fraction of sp³-hybridized carbons (Fsp3) is 0.167. The maximum Gasteiger partial charge on any atom is 0.251 e. The van der Waals surface area contributed by atoms with Gasteiger partial charge in [-0.05, 0) is 55.0 Å². The van der Waals surface area contributed by atoms with Crippen LogP contribution in [0.5, 0.6) is 5.75 Å². The molecule has 5 nitrogen and oxygen atoms in total. The van der Waals surface area contributed by atoms with Crippen LogP contribution < -0.4 is 10.1 Å². The minimum Gasteiger partial charge on any atom is -0.492 e. The molecule has 4 aromatic rings. The van der Waals surface area contributed by atoms with Gasteiger partial charge in [-0.3, -0.25) is 4.79 Å². The third kappa shape index (κ3) is 5.27. The number of ether oxygens (including phenoxy) is 1. The Morgan fingerprint density at radius 3 is 2.58 bits per heavy atom. The first-order valence-corrected chi connectivity index (χ1v) is 11.1. The summed E-state index contributed by atoms with van der Waals surface area (Å²) in [5.41, 5.74) is 2.55. The first-order valence-electron chi connectivity index (χ1n) is 9.97. The van der Waals surface area contributed by atoms with Gasteiger partial charge in [0.05, 0.1) is 29.2 Å². The van der Waals surface area contributed by atoms with Crippen LogP contribution in [-0.2, 0) is 13.1 Å². The fourth-order valence-corrected chi connectivity index (χ4v) is 3.79. The van der Waals surface area contributed by atoms with E-state index in [1.54, 1.807) is 12.1 Å². The number of carbonyl (C=O) groups excluding carboxylic acids is 1. The van der Waals surface area contributed by atoms with E-state index < -0.39 is 0 Å². The van der Waals surface area contributed by atoms with Crippen LogP contribution in [0.4, 0.5) is 0 Å². The van der Waals surface area contributed by atoms with Crippen molar-refractivity contribution in [1.29, 1.82) is 0 Å². The molecule has 0 aliphatic rings. The Morgan fingerprint density at radius 1 is 1.03 bits per heavy atom. The van der Waals surface area contributed by atoms with E-state index in [0.717, 1.165) is 27.8 Å². The summed E-state index contributed by atoms with van der Waals surface area (Å²) < 4.78 is 8.88. The van der Waals surface area contributed by atoms with E-state index in [-0.39, 0.29) is 5.91 Å². The number of para-hydroxylation sites is 3. The number of amides is 1. The lowest BCUT2D eigenvalue weighted by atomic mass is 10.2. The van der Waals surface area contributed by atoms with Crippen molar-refractivity contribution >= 4 is 44.5 Å². The van der Waals surface area contributed by atoms with Crippen LogP contribution in [0.2, 0.25) is 5.02 Å². The van der Waals surface area contributed by atoms with Crippen LogP contribution in [0, 0.1) is 0 Å². The van der Waals surface area contributed by atoms with Crippen molar-refractivity contribution < 1.29 is 9.53 Å². The number of hydrogen-bond donors (Lipinski definition) is 1. The average Bonchev–Trinajstić information content (AvgIpc) is 3.14. The van der Waals surface area contributed by atoms with E-state index in [2.05, 4.69) is 25.8 Å². The molecular weight excluding hydrogens is 478 g/mol. The third-order valence-corrected chi connectivity index (χ3v) is 5.71. The van der Waals surface area contributed by atoms with Gasteiger partial charge in [-0.1, -0.05) is 51.8 Å². The first kappa shape index (κ1) is 21.4. The van der Waals surface area contributed by atoms with Crippen molar-refractivity contribution in [2.45, 2.75) is 19.5 Å². The largest absolute Gasteiger partial charge is 0.492 e. The van der Waals surface area contributed by atoms with Gasteiger partial charge in [-0.15, -0.1) is 0 Å². The summed E-state index contributed by atoms with van der Waals surface area (Å²) in [6.07, 6.45) is 0.777. The highest BCUT2D eigenvalue weighted by molar-refractivity contribution is 9.10. The zero-order chi connectivity index (χ0) is 21.6. The van der Waals surface area contributed by atoms with Crippen LogP contribution in [0.1, 0.15) is 22.6 Å². The Bertz CT molecular complexity index is 1190. The molecule has 0 saturated carbocycles. The van der Waals surface area contributed by atoms with Gasteiger partial charge in [0.25, 0.3) is 5.91 Å². The minimum atomic E-state index is -0.131. The number of nitrogens with one attached hydrogen (secondary N) is 1. The molecule has 0 radical (unpaired) electrons. The smallest absolute Gasteiger partial charge is 0.251 e. The second kappa shape index (κ2) is 9.98. The van der Waals surface area contributed by atoms with Crippen molar-refractivity contribution in [2.24, 2.45) is 0 Å². The van der Waals surface area contributed by atoms with Crippen molar-refractivity contribution in [2.75, 3.05) is 6.61 Å². The normalized spacial score (nSPS) is 10.9. The Hall–Kier alpha value is -2.83.